The average Bonchev–Trinajstić information content (AvgIpc) is 2.55. The maximum atomic E-state index is 10.9. The molecule has 3 rings (SSSR count). The predicted molar refractivity (Wildman–Crippen MR) is 96.2 cm³/mol. The third-order valence-electron chi connectivity index (χ3n) is 4.82. The van der Waals surface area contributed by atoms with E-state index in [-0.39, 0.29) is 0 Å². The molecule has 1 aliphatic heterocycles. The largest absolute Gasteiger partial charge is 0.389 e. The van der Waals surface area contributed by atoms with Crippen molar-refractivity contribution in [2.75, 3.05) is 18.0 Å². The minimum atomic E-state index is -0.647. The molecule has 1 saturated heterocycles. The van der Waals surface area contributed by atoms with Crippen molar-refractivity contribution in [1.29, 1.82) is 0 Å². The summed E-state index contributed by atoms with van der Waals surface area (Å²) in [5, 5.41) is 20.6. The zero-order valence-corrected chi connectivity index (χ0v) is 14.4. The van der Waals surface area contributed by atoms with E-state index in [1.54, 1.807) is 6.92 Å². The smallest absolute Gasteiger partial charge is 0.128 e. The fraction of sp³-hybridized carbons (Fsp3) is 0.450. The predicted octanol–water partition coefficient (Wildman–Crippen LogP) is 3.02. The number of aromatic nitrogens is 1. The highest BCUT2D eigenvalue weighted by Gasteiger charge is 2.32. The monoisotopic (exact) mass is 326 g/mol. The Kier molecular flexibility index (Phi) is 4.88. The van der Waals surface area contributed by atoms with Gasteiger partial charge in [0.2, 0.25) is 0 Å². The molecule has 0 saturated carbocycles. The van der Waals surface area contributed by atoms with Crippen molar-refractivity contribution in [2.45, 2.75) is 44.8 Å². The van der Waals surface area contributed by atoms with E-state index < -0.39 is 11.7 Å². The summed E-state index contributed by atoms with van der Waals surface area (Å²) in [7, 11) is 0. The van der Waals surface area contributed by atoms with Crippen LogP contribution in [-0.4, -0.2) is 33.9 Å². The molecule has 0 aliphatic carbocycles. The minimum absolute atomic E-state index is 0.562. The van der Waals surface area contributed by atoms with Crippen LogP contribution in [0.3, 0.4) is 0 Å². The topological polar surface area (TPSA) is 56.6 Å². The molecule has 0 bridgehead atoms. The summed E-state index contributed by atoms with van der Waals surface area (Å²) >= 11 is 0. The number of rotatable bonds is 4. The van der Waals surface area contributed by atoms with Gasteiger partial charge in [0.15, 0.2) is 0 Å². The molecule has 1 aromatic carbocycles. The van der Waals surface area contributed by atoms with Gasteiger partial charge in [0, 0.05) is 19.5 Å². The number of nitrogens with zero attached hydrogens (tertiary/aromatic N) is 2. The van der Waals surface area contributed by atoms with Crippen molar-refractivity contribution >= 4 is 5.82 Å². The Hall–Kier alpha value is -1.91. The number of aryl methyl sites for hydroxylation is 1. The molecular formula is C20H26N2O2. The second kappa shape index (κ2) is 6.91. The van der Waals surface area contributed by atoms with Crippen LogP contribution >= 0.6 is 0 Å². The lowest BCUT2D eigenvalue weighted by Crippen LogP contribution is -2.46. The van der Waals surface area contributed by atoms with E-state index in [0.29, 0.717) is 12.1 Å². The summed E-state index contributed by atoms with van der Waals surface area (Å²) in [6.07, 6.45) is 1.58. The first-order valence-electron chi connectivity index (χ1n) is 8.63. The molecule has 0 radical (unpaired) electrons. The molecular weight excluding hydrogens is 300 g/mol. The van der Waals surface area contributed by atoms with Crippen molar-refractivity contribution in [3.8, 4) is 0 Å². The first-order valence-corrected chi connectivity index (χ1v) is 8.63. The molecule has 2 N–H and O–H groups in total. The Balaban J connectivity index is 1.65. The molecule has 2 aromatic rings. The van der Waals surface area contributed by atoms with Gasteiger partial charge >= 0.3 is 0 Å². The van der Waals surface area contributed by atoms with Crippen molar-refractivity contribution in [1.82, 2.24) is 4.98 Å². The summed E-state index contributed by atoms with van der Waals surface area (Å²) < 4.78 is 0. The molecule has 4 heteroatoms. The molecule has 1 aliphatic rings. The average molecular weight is 326 g/mol. The first-order chi connectivity index (χ1) is 11.5. The third kappa shape index (κ3) is 3.94. The number of aliphatic hydroxyl groups is 2. The van der Waals surface area contributed by atoms with Crippen LogP contribution in [0.5, 0.6) is 0 Å². The molecule has 1 fully saturated rings. The lowest BCUT2D eigenvalue weighted by Gasteiger charge is -2.39. The number of benzene rings is 1. The van der Waals surface area contributed by atoms with E-state index in [0.717, 1.165) is 31.7 Å². The zero-order valence-electron chi connectivity index (χ0n) is 14.4. The standard InChI is InChI=1S/C20H26N2O2/c1-15-5-3-6-17(13-15)14-20(24)9-11-22(12-10-20)19-8-4-7-18(21-19)16(2)23/h3-8,13,16,23-24H,9-12,14H2,1-2H3. The summed E-state index contributed by atoms with van der Waals surface area (Å²) in [4.78, 5) is 6.72. The number of hydrogen-bond donors (Lipinski definition) is 2. The highest BCUT2D eigenvalue weighted by Crippen LogP contribution is 2.29. The number of hydrogen-bond acceptors (Lipinski definition) is 4. The molecule has 4 nitrogen and oxygen atoms in total. The van der Waals surface area contributed by atoms with Crippen molar-refractivity contribution in [3.05, 3.63) is 59.3 Å². The van der Waals surface area contributed by atoms with Gasteiger partial charge in [-0.25, -0.2) is 4.98 Å². The van der Waals surface area contributed by atoms with Gasteiger partial charge in [0.25, 0.3) is 0 Å². The van der Waals surface area contributed by atoms with Gasteiger partial charge < -0.3 is 15.1 Å². The summed E-state index contributed by atoms with van der Waals surface area (Å²) in [5.41, 5.74) is 2.47. The lowest BCUT2D eigenvalue weighted by molar-refractivity contribution is 0.0164. The van der Waals surface area contributed by atoms with Crippen LogP contribution in [0.4, 0.5) is 5.82 Å². The maximum absolute atomic E-state index is 10.9. The fourth-order valence-electron chi connectivity index (χ4n) is 3.38. The van der Waals surface area contributed by atoms with Crippen molar-refractivity contribution < 1.29 is 10.2 Å². The molecule has 24 heavy (non-hydrogen) atoms. The number of aliphatic hydroxyl groups excluding tert-OH is 1. The third-order valence-corrected chi connectivity index (χ3v) is 4.82. The summed E-state index contributed by atoms with van der Waals surface area (Å²) in [6, 6.07) is 14.1. The number of anilines is 1. The van der Waals surface area contributed by atoms with E-state index in [2.05, 4.69) is 41.1 Å². The molecule has 1 atom stereocenters. The van der Waals surface area contributed by atoms with Gasteiger partial charge in [-0.1, -0.05) is 35.9 Å². The minimum Gasteiger partial charge on any atom is -0.389 e. The van der Waals surface area contributed by atoms with Crippen LogP contribution in [0.2, 0.25) is 0 Å². The van der Waals surface area contributed by atoms with E-state index in [1.807, 2.05) is 18.2 Å². The molecule has 0 amide bonds. The molecule has 0 spiro atoms. The highest BCUT2D eigenvalue weighted by molar-refractivity contribution is 5.40. The van der Waals surface area contributed by atoms with Crippen LogP contribution in [0.25, 0.3) is 0 Å². The van der Waals surface area contributed by atoms with Gasteiger partial charge in [-0.15, -0.1) is 0 Å². The van der Waals surface area contributed by atoms with Gasteiger partial charge in [-0.2, -0.15) is 0 Å². The van der Waals surface area contributed by atoms with Crippen molar-refractivity contribution in [3.63, 3.8) is 0 Å². The van der Waals surface area contributed by atoms with E-state index in [4.69, 9.17) is 0 Å². The Morgan fingerprint density at radius 1 is 1.17 bits per heavy atom. The van der Waals surface area contributed by atoms with Crippen LogP contribution < -0.4 is 4.90 Å². The van der Waals surface area contributed by atoms with Crippen LogP contribution in [0.15, 0.2) is 42.5 Å². The van der Waals surface area contributed by atoms with Gasteiger partial charge in [-0.3, -0.25) is 0 Å². The summed E-state index contributed by atoms with van der Waals surface area (Å²) in [5.74, 6) is 0.881. The lowest BCUT2D eigenvalue weighted by atomic mass is 9.85. The number of pyridine rings is 1. The summed E-state index contributed by atoms with van der Waals surface area (Å²) in [6.45, 7) is 5.36. The van der Waals surface area contributed by atoms with Gasteiger partial charge in [0.05, 0.1) is 17.4 Å². The molecule has 2 heterocycles. The van der Waals surface area contributed by atoms with Crippen LogP contribution in [0.1, 0.15) is 42.7 Å². The van der Waals surface area contributed by atoms with Crippen molar-refractivity contribution in [2.24, 2.45) is 0 Å². The quantitative estimate of drug-likeness (QED) is 0.907. The Morgan fingerprint density at radius 3 is 2.54 bits per heavy atom. The Labute approximate surface area is 143 Å². The van der Waals surface area contributed by atoms with Crippen LogP contribution in [0, 0.1) is 6.92 Å². The molecule has 1 aromatic heterocycles. The zero-order chi connectivity index (χ0) is 17.2. The van der Waals surface area contributed by atoms with Gasteiger partial charge in [0.1, 0.15) is 5.82 Å². The normalized spacial score (nSPS) is 18.4. The maximum Gasteiger partial charge on any atom is 0.128 e. The fourth-order valence-corrected chi connectivity index (χ4v) is 3.38. The van der Waals surface area contributed by atoms with Crippen LogP contribution in [-0.2, 0) is 6.42 Å². The number of piperidine rings is 1. The molecule has 128 valence electrons. The van der Waals surface area contributed by atoms with Gasteiger partial charge in [-0.05, 0) is 44.4 Å². The second-order valence-corrected chi connectivity index (χ2v) is 6.97. The Bertz CT molecular complexity index is 692. The first kappa shape index (κ1) is 16.9. The SMILES string of the molecule is Cc1cccc(CC2(O)CCN(c3cccc(C(C)O)n3)CC2)c1. The highest BCUT2D eigenvalue weighted by atomic mass is 16.3. The second-order valence-electron chi connectivity index (χ2n) is 6.97. The van der Waals surface area contributed by atoms with E-state index in [9.17, 15) is 10.2 Å². The Morgan fingerprint density at radius 2 is 1.88 bits per heavy atom. The van der Waals surface area contributed by atoms with E-state index >= 15 is 0 Å². The van der Waals surface area contributed by atoms with E-state index in [1.165, 1.54) is 11.1 Å². The molecule has 1 unspecified atom stereocenters.